The van der Waals surface area contributed by atoms with Gasteiger partial charge in [-0.25, -0.2) is 0 Å². The molecule has 1 aliphatic rings. The minimum Gasteiger partial charge on any atom is -0.345 e. The highest BCUT2D eigenvalue weighted by molar-refractivity contribution is 7.15. The van der Waals surface area contributed by atoms with Gasteiger partial charge < -0.3 is 9.80 Å². The summed E-state index contributed by atoms with van der Waals surface area (Å²) in [6.07, 6.45) is 2.09. The van der Waals surface area contributed by atoms with Gasteiger partial charge >= 0.3 is 0 Å². The zero-order valence-corrected chi connectivity index (χ0v) is 13.4. The van der Waals surface area contributed by atoms with Crippen molar-refractivity contribution < 1.29 is 0 Å². The molecule has 1 fully saturated rings. The third-order valence-corrected chi connectivity index (χ3v) is 4.94. The van der Waals surface area contributed by atoms with E-state index in [0.29, 0.717) is 0 Å². The van der Waals surface area contributed by atoms with Crippen LogP contribution in [0.5, 0.6) is 0 Å². The van der Waals surface area contributed by atoms with Crippen LogP contribution < -0.4 is 4.90 Å². The van der Waals surface area contributed by atoms with E-state index < -0.39 is 0 Å². The summed E-state index contributed by atoms with van der Waals surface area (Å²) in [5, 5.41) is 11.0. The van der Waals surface area contributed by atoms with Gasteiger partial charge in [0.2, 0.25) is 5.13 Å². The highest BCUT2D eigenvalue weighted by Crippen LogP contribution is 2.23. The van der Waals surface area contributed by atoms with Crippen molar-refractivity contribution in [1.29, 1.82) is 0 Å². The van der Waals surface area contributed by atoms with Crippen LogP contribution in [0.25, 0.3) is 0 Å². The van der Waals surface area contributed by atoms with Crippen molar-refractivity contribution in [3.63, 3.8) is 0 Å². The molecule has 0 unspecified atom stereocenters. The van der Waals surface area contributed by atoms with Crippen molar-refractivity contribution in [3.8, 4) is 0 Å². The van der Waals surface area contributed by atoms with Gasteiger partial charge in [-0.2, -0.15) is 0 Å². The molecular formula is C16H22N4S. The normalized spacial score (nSPS) is 16.9. The van der Waals surface area contributed by atoms with Gasteiger partial charge in [-0.05, 0) is 25.1 Å². The first-order valence-electron chi connectivity index (χ1n) is 7.69. The lowest BCUT2D eigenvalue weighted by molar-refractivity contribution is 0.310. The molecule has 0 amide bonds. The van der Waals surface area contributed by atoms with E-state index in [-0.39, 0.29) is 0 Å². The number of aromatic nitrogens is 2. The Morgan fingerprint density at radius 2 is 1.90 bits per heavy atom. The first-order chi connectivity index (χ1) is 10.3. The number of rotatable bonds is 4. The predicted octanol–water partition coefficient (Wildman–Crippen LogP) is 2.66. The Kier molecular flexibility index (Phi) is 4.83. The molecule has 3 rings (SSSR count). The molecular weight excluding hydrogens is 280 g/mol. The number of likely N-dealkylation sites (N-methyl/N-ethyl adjacent to an activating group) is 1. The maximum Gasteiger partial charge on any atom is 0.208 e. The van der Waals surface area contributed by atoms with Crippen LogP contribution in [0.1, 0.15) is 23.9 Å². The molecule has 112 valence electrons. The van der Waals surface area contributed by atoms with E-state index in [1.165, 1.54) is 18.5 Å². The van der Waals surface area contributed by atoms with Gasteiger partial charge in [0.1, 0.15) is 5.01 Å². The summed E-state index contributed by atoms with van der Waals surface area (Å²) in [6.45, 7) is 7.86. The van der Waals surface area contributed by atoms with Gasteiger partial charge in [-0.3, -0.25) is 0 Å². The second-order valence-electron chi connectivity index (χ2n) is 5.42. The van der Waals surface area contributed by atoms with E-state index in [1.807, 2.05) is 6.07 Å². The molecule has 1 aromatic heterocycles. The zero-order valence-electron chi connectivity index (χ0n) is 12.5. The standard InChI is InChI=1S/C16H22N4S/c1-2-19-9-6-10-20(12-11-19)16-18-17-15(21-16)13-14-7-4-3-5-8-14/h3-5,7-8H,2,6,9-13H2,1H3. The molecule has 21 heavy (non-hydrogen) atoms. The minimum absolute atomic E-state index is 0.882. The summed E-state index contributed by atoms with van der Waals surface area (Å²) in [5.41, 5.74) is 1.30. The van der Waals surface area contributed by atoms with Crippen LogP contribution in [-0.2, 0) is 6.42 Å². The Balaban J connectivity index is 1.64. The fourth-order valence-corrected chi connectivity index (χ4v) is 3.62. The predicted molar refractivity (Wildman–Crippen MR) is 88.1 cm³/mol. The molecule has 1 saturated heterocycles. The summed E-state index contributed by atoms with van der Waals surface area (Å²) < 4.78 is 0. The number of nitrogens with zero attached hydrogens (tertiary/aromatic N) is 4. The van der Waals surface area contributed by atoms with Crippen molar-refractivity contribution >= 4 is 16.5 Å². The number of anilines is 1. The molecule has 2 heterocycles. The average molecular weight is 302 g/mol. The van der Waals surface area contributed by atoms with E-state index in [1.54, 1.807) is 11.3 Å². The third-order valence-electron chi connectivity index (χ3n) is 3.96. The fraction of sp³-hybridized carbons (Fsp3) is 0.500. The first kappa shape index (κ1) is 14.5. The van der Waals surface area contributed by atoms with Crippen molar-refractivity contribution in [2.75, 3.05) is 37.6 Å². The molecule has 0 bridgehead atoms. The topological polar surface area (TPSA) is 32.3 Å². The average Bonchev–Trinajstić information content (AvgIpc) is 2.84. The molecule has 0 atom stereocenters. The second-order valence-corrected chi connectivity index (χ2v) is 6.46. The Hall–Kier alpha value is -1.46. The van der Waals surface area contributed by atoms with Gasteiger partial charge in [0.15, 0.2) is 0 Å². The number of benzene rings is 1. The Morgan fingerprint density at radius 3 is 2.71 bits per heavy atom. The Bertz CT molecular complexity index is 554. The fourth-order valence-electron chi connectivity index (χ4n) is 2.69. The van der Waals surface area contributed by atoms with E-state index in [2.05, 4.69) is 51.2 Å². The zero-order chi connectivity index (χ0) is 14.5. The lowest BCUT2D eigenvalue weighted by atomic mass is 10.2. The molecule has 4 nitrogen and oxygen atoms in total. The molecule has 1 aliphatic heterocycles. The lowest BCUT2D eigenvalue weighted by Crippen LogP contribution is -2.30. The largest absolute Gasteiger partial charge is 0.345 e. The molecule has 1 aromatic carbocycles. The van der Waals surface area contributed by atoms with E-state index in [0.717, 1.165) is 42.7 Å². The summed E-state index contributed by atoms with van der Waals surface area (Å²) in [5.74, 6) is 0. The monoisotopic (exact) mass is 302 g/mol. The quantitative estimate of drug-likeness (QED) is 0.869. The van der Waals surface area contributed by atoms with Gasteiger partial charge in [0.25, 0.3) is 0 Å². The van der Waals surface area contributed by atoms with E-state index in [4.69, 9.17) is 0 Å². The summed E-state index contributed by atoms with van der Waals surface area (Å²) in [6, 6.07) is 10.5. The number of hydrogen-bond donors (Lipinski definition) is 0. The first-order valence-corrected chi connectivity index (χ1v) is 8.50. The Morgan fingerprint density at radius 1 is 1.05 bits per heavy atom. The van der Waals surface area contributed by atoms with Crippen LogP contribution >= 0.6 is 11.3 Å². The van der Waals surface area contributed by atoms with Crippen molar-refractivity contribution in [2.45, 2.75) is 19.8 Å². The Labute approximate surface area is 130 Å². The van der Waals surface area contributed by atoms with Crippen LogP contribution in [0.4, 0.5) is 5.13 Å². The van der Waals surface area contributed by atoms with Crippen LogP contribution in [0.2, 0.25) is 0 Å². The maximum atomic E-state index is 4.40. The molecule has 0 aliphatic carbocycles. The van der Waals surface area contributed by atoms with E-state index >= 15 is 0 Å². The van der Waals surface area contributed by atoms with Crippen molar-refractivity contribution in [2.24, 2.45) is 0 Å². The van der Waals surface area contributed by atoms with Crippen molar-refractivity contribution in [1.82, 2.24) is 15.1 Å². The van der Waals surface area contributed by atoms with Crippen LogP contribution in [0.15, 0.2) is 30.3 Å². The van der Waals surface area contributed by atoms with Gasteiger partial charge in [0.05, 0.1) is 0 Å². The smallest absolute Gasteiger partial charge is 0.208 e. The van der Waals surface area contributed by atoms with Crippen LogP contribution in [-0.4, -0.2) is 47.8 Å². The second kappa shape index (κ2) is 7.00. The van der Waals surface area contributed by atoms with Crippen LogP contribution in [0, 0.1) is 0 Å². The highest BCUT2D eigenvalue weighted by Gasteiger charge is 2.17. The third kappa shape index (κ3) is 3.80. The van der Waals surface area contributed by atoms with Crippen LogP contribution in [0.3, 0.4) is 0 Å². The van der Waals surface area contributed by atoms with Gasteiger partial charge in [-0.1, -0.05) is 48.6 Å². The summed E-state index contributed by atoms with van der Waals surface area (Å²) in [7, 11) is 0. The van der Waals surface area contributed by atoms with Crippen molar-refractivity contribution in [3.05, 3.63) is 40.9 Å². The molecule has 2 aromatic rings. The minimum atomic E-state index is 0.882. The molecule has 0 saturated carbocycles. The molecule has 5 heteroatoms. The lowest BCUT2D eigenvalue weighted by Gasteiger charge is -2.19. The number of hydrogen-bond acceptors (Lipinski definition) is 5. The SMILES string of the molecule is CCN1CCCN(c2nnc(Cc3ccccc3)s2)CC1. The maximum absolute atomic E-state index is 4.40. The summed E-state index contributed by atoms with van der Waals surface area (Å²) >= 11 is 1.74. The molecule has 0 spiro atoms. The molecule has 0 N–H and O–H groups in total. The molecule has 0 radical (unpaired) electrons. The summed E-state index contributed by atoms with van der Waals surface area (Å²) in [4.78, 5) is 4.90. The highest BCUT2D eigenvalue weighted by atomic mass is 32.1. The van der Waals surface area contributed by atoms with Gasteiger partial charge in [0, 0.05) is 26.1 Å². The van der Waals surface area contributed by atoms with Gasteiger partial charge in [-0.15, -0.1) is 10.2 Å². The van der Waals surface area contributed by atoms with E-state index in [9.17, 15) is 0 Å².